The molecule has 1 fully saturated rings. The summed E-state index contributed by atoms with van der Waals surface area (Å²) in [6.07, 6.45) is 4.08. The predicted molar refractivity (Wildman–Crippen MR) is 107 cm³/mol. The molecule has 0 spiro atoms. The Hall–Kier alpha value is -2.84. The molecule has 1 aliphatic heterocycles. The van der Waals surface area contributed by atoms with Gasteiger partial charge in [0, 0.05) is 28.7 Å². The Balaban J connectivity index is 1.73. The van der Waals surface area contributed by atoms with Gasteiger partial charge in [-0.2, -0.15) is 0 Å². The van der Waals surface area contributed by atoms with E-state index in [-0.39, 0.29) is 11.4 Å². The number of ether oxygens (including phenoxy) is 1. The van der Waals surface area contributed by atoms with E-state index in [0.717, 1.165) is 0 Å². The van der Waals surface area contributed by atoms with Gasteiger partial charge >= 0.3 is 0 Å². The van der Waals surface area contributed by atoms with Crippen molar-refractivity contribution in [1.29, 1.82) is 0 Å². The highest BCUT2D eigenvalue weighted by molar-refractivity contribution is 6.30. The average Bonchev–Trinajstić information content (AvgIpc) is 3.16. The second-order valence-corrected chi connectivity index (χ2v) is 7.00. The van der Waals surface area contributed by atoms with Crippen LogP contribution in [-0.2, 0) is 0 Å². The minimum absolute atomic E-state index is 0.145. The van der Waals surface area contributed by atoms with Gasteiger partial charge in [0.25, 0.3) is 0 Å². The first kappa shape index (κ1) is 19.5. The summed E-state index contributed by atoms with van der Waals surface area (Å²) in [7, 11) is 1.48. The van der Waals surface area contributed by atoms with Gasteiger partial charge in [0.1, 0.15) is 12.0 Å². The van der Waals surface area contributed by atoms with Gasteiger partial charge in [0.2, 0.25) is 0 Å². The standard InChI is InChI=1S/C20H18ClF2N5O/c1-29-17-10-26-19(12-8-11(21)2-3-14(12)22)28-20(17)27-16-5-6-24-9-13(16)18-15(23)4-7-25-18/h2-3,5-6,8-10,15,18,25H,4,7H2,1H3,(H,24,26,27,28). The molecule has 2 aromatic heterocycles. The minimum atomic E-state index is -1.01. The highest BCUT2D eigenvalue weighted by Crippen LogP contribution is 2.35. The number of methoxy groups -OCH3 is 1. The fraction of sp³-hybridized carbons (Fsp3) is 0.250. The lowest BCUT2D eigenvalue weighted by molar-refractivity contribution is 0.305. The molecule has 2 unspecified atom stereocenters. The van der Waals surface area contributed by atoms with Crippen molar-refractivity contribution in [2.45, 2.75) is 18.6 Å². The Bertz CT molecular complexity index is 1040. The van der Waals surface area contributed by atoms with E-state index in [9.17, 15) is 8.78 Å². The van der Waals surface area contributed by atoms with Gasteiger partial charge in [0.05, 0.1) is 24.9 Å². The van der Waals surface area contributed by atoms with Gasteiger partial charge < -0.3 is 15.4 Å². The number of pyridine rings is 1. The predicted octanol–water partition coefficient (Wildman–Crippen LogP) is 4.46. The number of benzene rings is 1. The van der Waals surface area contributed by atoms with Crippen LogP contribution in [-0.4, -0.2) is 34.8 Å². The fourth-order valence-electron chi connectivity index (χ4n) is 3.28. The van der Waals surface area contributed by atoms with Gasteiger partial charge in [-0.1, -0.05) is 11.6 Å². The Morgan fingerprint density at radius 1 is 1.28 bits per heavy atom. The van der Waals surface area contributed by atoms with Crippen molar-refractivity contribution in [3.05, 3.63) is 59.3 Å². The van der Waals surface area contributed by atoms with Crippen LogP contribution in [0.1, 0.15) is 18.0 Å². The van der Waals surface area contributed by atoms with Crippen molar-refractivity contribution in [3.63, 3.8) is 0 Å². The molecule has 4 rings (SSSR count). The van der Waals surface area contributed by atoms with Crippen LogP contribution in [0.4, 0.5) is 20.3 Å². The van der Waals surface area contributed by atoms with Crippen LogP contribution in [0.5, 0.6) is 5.75 Å². The van der Waals surface area contributed by atoms with E-state index in [1.807, 2.05) is 0 Å². The Morgan fingerprint density at radius 2 is 2.14 bits per heavy atom. The maximum absolute atomic E-state index is 14.3. The molecule has 29 heavy (non-hydrogen) atoms. The SMILES string of the molecule is COc1cnc(-c2cc(Cl)ccc2F)nc1Nc1ccncc1C1NCCC1F. The highest BCUT2D eigenvalue weighted by atomic mass is 35.5. The molecule has 0 bridgehead atoms. The molecule has 3 aromatic rings. The van der Waals surface area contributed by atoms with Crippen LogP contribution in [0.25, 0.3) is 11.4 Å². The highest BCUT2D eigenvalue weighted by Gasteiger charge is 2.30. The number of anilines is 2. The molecule has 0 aliphatic carbocycles. The molecule has 2 N–H and O–H groups in total. The third-order valence-corrected chi connectivity index (χ3v) is 4.97. The lowest BCUT2D eigenvalue weighted by Crippen LogP contribution is -2.20. The first-order valence-corrected chi connectivity index (χ1v) is 9.39. The number of halogens is 3. The van der Waals surface area contributed by atoms with Gasteiger partial charge in [-0.25, -0.2) is 18.7 Å². The van der Waals surface area contributed by atoms with Crippen LogP contribution in [0, 0.1) is 5.82 Å². The number of alkyl halides is 1. The largest absolute Gasteiger partial charge is 0.491 e. The van der Waals surface area contributed by atoms with Gasteiger partial charge in [-0.3, -0.25) is 4.98 Å². The van der Waals surface area contributed by atoms with E-state index in [1.54, 1.807) is 18.5 Å². The molecule has 3 heterocycles. The summed E-state index contributed by atoms with van der Waals surface area (Å²) in [6.45, 7) is 0.592. The van der Waals surface area contributed by atoms with E-state index in [2.05, 4.69) is 25.6 Å². The number of nitrogens with one attached hydrogen (secondary N) is 2. The van der Waals surface area contributed by atoms with E-state index < -0.39 is 18.0 Å². The van der Waals surface area contributed by atoms with Crippen molar-refractivity contribution < 1.29 is 13.5 Å². The van der Waals surface area contributed by atoms with E-state index in [1.165, 1.54) is 31.5 Å². The molecule has 9 heteroatoms. The van der Waals surface area contributed by atoms with Gasteiger partial charge in [-0.05, 0) is 37.2 Å². The molecule has 0 saturated carbocycles. The van der Waals surface area contributed by atoms with Crippen LogP contribution in [0.2, 0.25) is 5.02 Å². The van der Waals surface area contributed by atoms with Gasteiger partial charge in [-0.15, -0.1) is 0 Å². The molecule has 1 aromatic carbocycles. The zero-order chi connectivity index (χ0) is 20.4. The van der Waals surface area contributed by atoms with E-state index >= 15 is 0 Å². The molecule has 1 saturated heterocycles. The third kappa shape index (κ3) is 3.99. The Morgan fingerprint density at radius 3 is 2.90 bits per heavy atom. The lowest BCUT2D eigenvalue weighted by atomic mass is 10.0. The third-order valence-electron chi connectivity index (χ3n) is 4.73. The first-order chi connectivity index (χ1) is 14.1. The zero-order valence-electron chi connectivity index (χ0n) is 15.5. The quantitative estimate of drug-likeness (QED) is 0.638. The van der Waals surface area contributed by atoms with Crippen molar-refractivity contribution in [2.75, 3.05) is 19.0 Å². The van der Waals surface area contributed by atoms with Crippen LogP contribution in [0.15, 0.2) is 42.9 Å². The first-order valence-electron chi connectivity index (χ1n) is 9.01. The molecule has 0 amide bonds. The normalized spacial score (nSPS) is 18.6. The van der Waals surface area contributed by atoms with Crippen LogP contribution < -0.4 is 15.4 Å². The smallest absolute Gasteiger partial charge is 0.179 e. The van der Waals surface area contributed by atoms with Crippen LogP contribution in [0.3, 0.4) is 0 Å². The second-order valence-electron chi connectivity index (χ2n) is 6.56. The summed E-state index contributed by atoms with van der Waals surface area (Å²) < 4.78 is 33.9. The van der Waals surface area contributed by atoms with E-state index in [4.69, 9.17) is 16.3 Å². The number of aromatic nitrogens is 3. The van der Waals surface area contributed by atoms with E-state index in [0.29, 0.717) is 40.8 Å². The van der Waals surface area contributed by atoms with Crippen molar-refractivity contribution in [3.8, 4) is 17.1 Å². The number of rotatable bonds is 5. The van der Waals surface area contributed by atoms with Crippen molar-refractivity contribution in [2.24, 2.45) is 0 Å². The Kier molecular flexibility index (Phi) is 5.55. The summed E-state index contributed by atoms with van der Waals surface area (Å²) in [5.41, 5.74) is 1.46. The maximum atomic E-state index is 14.3. The summed E-state index contributed by atoms with van der Waals surface area (Å²) >= 11 is 5.99. The summed E-state index contributed by atoms with van der Waals surface area (Å²) in [4.78, 5) is 12.7. The maximum Gasteiger partial charge on any atom is 0.179 e. The molecule has 6 nitrogen and oxygen atoms in total. The molecular formula is C20H18ClF2N5O. The summed E-state index contributed by atoms with van der Waals surface area (Å²) in [5.74, 6) is 0.324. The molecule has 2 atom stereocenters. The van der Waals surface area contributed by atoms with Crippen molar-refractivity contribution >= 4 is 23.1 Å². The monoisotopic (exact) mass is 417 g/mol. The number of nitrogens with zero attached hydrogens (tertiary/aromatic N) is 3. The summed E-state index contributed by atoms with van der Waals surface area (Å²) in [5, 5.41) is 6.67. The van der Waals surface area contributed by atoms with Crippen LogP contribution >= 0.6 is 11.6 Å². The topological polar surface area (TPSA) is 72.0 Å². The average molecular weight is 418 g/mol. The molecule has 150 valence electrons. The van der Waals surface area contributed by atoms with Gasteiger partial charge in [0.15, 0.2) is 17.4 Å². The summed E-state index contributed by atoms with van der Waals surface area (Å²) in [6, 6.07) is 5.42. The second kappa shape index (κ2) is 8.26. The zero-order valence-corrected chi connectivity index (χ0v) is 16.3. The number of hydrogen-bond acceptors (Lipinski definition) is 6. The molecule has 0 radical (unpaired) electrons. The lowest BCUT2D eigenvalue weighted by Gasteiger charge is -2.19. The fourth-order valence-corrected chi connectivity index (χ4v) is 3.45. The van der Waals surface area contributed by atoms with Crippen molar-refractivity contribution in [1.82, 2.24) is 20.3 Å². The molecule has 1 aliphatic rings. The minimum Gasteiger partial charge on any atom is -0.491 e. The molecular weight excluding hydrogens is 400 g/mol. The Labute approximate surface area is 171 Å². The number of hydrogen-bond donors (Lipinski definition) is 2.